The van der Waals surface area contributed by atoms with Crippen LogP contribution in [0.4, 0.5) is 10.6 Å². The summed E-state index contributed by atoms with van der Waals surface area (Å²) in [7, 11) is 1.64. The Kier molecular flexibility index (Phi) is 6.67. The summed E-state index contributed by atoms with van der Waals surface area (Å²) in [6, 6.07) is 7.66. The van der Waals surface area contributed by atoms with Gasteiger partial charge < -0.3 is 20.1 Å². The average molecular weight is 380 g/mol. The van der Waals surface area contributed by atoms with E-state index in [1.54, 1.807) is 13.2 Å². The molecule has 0 aliphatic rings. The van der Waals surface area contributed by atoms with Crippen LogP contribution in [0.3, 0.4) is 0 Å². The van der Waals surface area contributed by atoms with Crippen LogP contribution in [0, 0.1) is 0 Å². The van der Waals surface area contributed by atoms with Crippen LogP contribution in [0.25, 0.3) is 10.9 Å². The molecule has 0 unspecified atom stereocenters. The number of benzene rings is 1. The SMILES string of the molecule is COCCNc1nc2c(Cl)cccc2cc1CCN(C(=O)O)C(C)(C)C. The summed E-state index contributed by atoms with van der Waals surface area (Å²) < 4.78 is 5.09. The molecular weight excluding hydrogens is 354 g/mol. The van der Waals surface area contributed by atoms with E-state index in [0.717, 1.165) is 16.5 Å². The Morgan fingerprint density at radius 1 is 1.38 bits per heavy atom. The van der Waals surface area contributed by atoms with Crippen molar-refractivity contribution in [2.45, 2.75) is 32.7 Å². The summed E-state index contributed by atoms with van der Waals surface area (Å²) >= 11 is 6.27. The summed E-state index contributed by atoms with van der Waals surface area (Å²) in [6.07, 6.45) is -0.378. The molecule has 26 heavy (non-hydrogen) atoms. The van der Waals surface area contributed by atoms with E-state index in [4.69, 9.17) is 16.3 Å². The van der Waals surface area contributed by atoms with Crippen molar-refractivity contribution in [3.05, 3.63) is 34.9 Å². The second kappa shape index (κ2) is 8.56. The van der Waals surface area contributed by atoms with Crippen LogP contribution < -0.4 is 5.32 Å². The van der Waals surface area contributed by atoms with E-state index in [1.165, 1.54) is 4.90 Å². The van der Waals surface area contributed by atoms with E-state index in [9.17, 15) is 9.90 Å². The van der Waals surface area contributed by atoms with Gasteiger partial charge >= 0.3 is 6.09 Å². The number of hydrogen-bond acceptors (Lipinski definition) is 4. The van der Waals surface area contributed by atoms with Gasteiger partial charge in [-0.25, -0.2) is 9.78 Å². The fourth-order valence-corrected chi connectivity index (χ4v) is 3.00. The molecule has 1 aromatic heterocycles. The van der Waals surface area contributed by atoms with Gasteiger partial charge in [-0.3, -0.25) is 0 Å². The third-order valence-electron chi connectivity index (χ3n) is 4.12. The van der Waals surface area contributed by atoms with Crippen LogP contribution in [0.15, 0.2) is 24.3 Å². The second-order valence-electron chi connectivity index (χ2n) is 7.08. The second-order valence-corrected chi connectivity index (χ2v) is 7.49. The first kappa shape index (κ1) is 20.3. The third-order valence-corrected chi connectivity index (χ3v) is 4.42. The van der Waals surface area contributed by atoms with Gasteiger partial charge in [0.25, 0.3) is 0 Å². The monoisotopic (exact) mass is 379 g/mol. The van der Waals surface area contributed by atoms with Crippen molar-refractivity contribution in [2.75, 3.05) is 32.1 Å². The predicted molar refractivity (Wildman–Crippen MR) is 105 cm³/mol. The fourth-order valence-electron chi connectivity index (χ4n) is 2.77. The number of anilines is 1. The molecule has 142 valence electrons. The summed E-state index contributed by atoms with van der Waals surface area (Å²) in [4.78, 5) is 17.7. The molecule has 6 nitrogen and oxygen atoms in total. The van der Waals surface area contributed by atoms with Gasteiger partial charge in [0.1, 0.15) is 5.82 Å². The van der Waals surface area contributed by atoms with Crippen molar-refractivity contribution in [1.82, 2.24) is 9.88 Å². The summed E-state index contributed by atoms with van der Waals surface area (Å²) in [6.45, 7) is 7.19. The fraction of sp³-hybridized carbons (Fsp3) is 0.474. The van der Waals surface area contributed by atoms with E-state index in [-0.39, 0.29) is 0 Å². The van der Waals surface area contributed by atoms with E-state index in [0.29, 0.717) is 37.0 Å². The highest BCUT2D eigenvalue weighted by molar-refractivity contribution is 6.35. The van der Waals surface area contributed by atoms with Crippen molar-refractivity contribution in [1.29, 1.82) is 0 Å². The lowest BCUT2D eigenvalue weighted by atomic mass is 10.0. The summed E-state index contributed by atoms with van der Waals surface area (Å²) in [5, 5.41) is 14.3. The highest BCUT2D eigenvalue weighted by Crippen LogP contribution is 2.27. The minimum atomic E-state index is -0.928. The maximum atomic E-state index is 11.6. The lowest BCUT2D eigenvalue weighted by Gasteiger charge is -2.33. The quantitative estimate of drug-likeness (QED) is 0.703. The molecule has 0 spiro atoms. The Balaban J connectivity index is 2.33. The van der Waals surface area contributed by atoms with Crippen molar-refractivity contribution in [3.63, 3.8) is 0 Å². The highest BCUT2D eigenvalue weighted by atomic mass is 35.5. The largest absolute Gasteiger partial charge is 0.465 e. The zero-order chi connectivity index (χ0) is 19.3. The van der Waals surface area contributed by atoms with Crippen LogP contribution in [-0.2, 0) is 11.2 Å². The van der Waals surface area contributed by atoms with Gasteiger partial charge in [0.2, 0.25) is 0 Å². The number of aromatic nitrogens is 1. The van der Waals surface area contributed by atoms with E-state index < -0.39 is 11.6 Å². The van der Waals surface area contributed by atoms with Gasteiger partial charge in [-0.05, 0) is 44.9 Å². The first-order chi connectivity index (χ1) is 12.2. The number of nitrogens with one attached hydrogen (secondary N) is 1. The molecule has 1 aromatic carbocycles. The Morgan fingerprint density at radius 3 is 2.73 bits per heavy atom. The number of hydrogen-bond donors (Lipinski definition) is 2. The van der Waals surface area contributed by atoms with Gasteiger partial charge in [0, 0.05) is 31.1 Å². The smallest absolute Gasteiger partial charge is 0.407 e. The van der Waals surface area contributed by atoms with Crippen molar-refractivity contribution in [3.8, 4) is 0 Å². The Hall–Kier alpha value is -2.05. The number of carboxylic acid groups (broad SMARTS) is 1. The number of rotatable bonds is 7. The summed E-state index contributed by atoms with van der Waals surface area (Å²) in [5.41, 5.74) is 1.21. The normalized spacial score (nSPS) is 11.6. The van der Waals surface area contributed by atoms with Crippen molar-refractivity contribution >= 4 is 34.4 Å². The molecule has 0 atom stereocenters. The standard InChI is InChI=1S/C19H26ClN3O3/c1-19(2,3)23(18(24)25)10-8-14-12-13-6-5-7-15(20)16(13)22-17(14)21-9-11-26-4/h5-7,12H,8-11H2,1-4H3,(H,21,22)(H,24,25). The number of para-hydroxylation sites is 1. The molecule has 0 radical (unpaired) electrons. The number of amides is 1. The molecule has 2 rings (SSSR count). The van der Waals surface area contributed by atoms with E-state index in [2.05, 4.69) is 10.3 Å². The molecule has 0 bridgehead atoms. The van der Waals surface area contributed by atoms with Gasteiger partial charge in [-0.15, -0.1) is 0 Å². The number of carbonyl (C=O) groups is 1. The number of methoxy groups -OCH3 is 1. The number of ether oxygens (including phenoxy) is 1. The third kappa shape index (κ3) is 4.99. The molecular formula is C19H26ClN3O3. The van der Waals surface area contributed by atoms with E-state index in [1.807, 2.05) is 39.0 Å². The Morgan fingerprint density at radius 2 is 2.12 bits per heavy atom. The van der Waals surface area contributed by atoms with Crippen LogP contribution in [0.2, 0.25) is 5.02 Å². The Labute approximate surface area is 159 Å². The van der Waals surface area contributed by atoms with Gasteiger partial charge in [-0.1, -0.05) is 23.7 Å². The van der Waals surface area contributed by atoms with Crippen molar-refractivity contribution < 1.29 is 14.6 Å². The molecule has 2 aromatic rings. The zero-order valence-electron chi connectivity index (χ0n) is 15.7. The number of nitrogens with zero attached hydrogens (tertiary/aromatic N) is 2. The lowest BCUT2D eigenvalue weighted by Crippen LogP contribution is -2.46. The molecule has 1 amide bonds. The lowest BCUT2D eigenvalue weighted by molar-refractivity contribution is 0.101. The maximum Gasteiger partial charge on any atom is 0.407 e. The molecule has 0 saturated carbocycles. The molecule has 0 saturated heterocycles. The number of fused-ring (bicyclic) bond motifs is 1. The maximum absolute atomic E-state index is 11.6. The first-order valence-corrected chi connectivity index (χ1v) is 8.93. The van der Waals surface area contributed by atoms with Crippen LogP contribution in [0.5, 0.6) is 0 Å². The molecule has 0 aliphatic heterocycles. The first-order valence-electron chi connectivity index (χ1n) is 8.55. The molecule has 1 heterocycles. The molecule has 0 aliphatic carbocycles. The topological polar surface area (TPSA) is 74.7 Å². The molecule has 0 fully saturated rings. The van der Waals surface area contributed by atoms with Gasteiger partial charge in [0.05, 0.1) is 17.1 Å². The molecule has 7 heteroatoms. The van der Waals surface area contributed by atoms with E-state index >= 15 is 0 Å². The van der Waals surface area contributed by atoms with Gasteiger partial charge in [-0.2, -0.15) is 0 Å². The van der Waals surface area contributed by atoms with Crippen LogP contribution in [0.1, 0.15) is 26.3 Å². The average Bonchev–Trinajstić information content (AvgIpc) is 2.54. The minimum Gasteiger partial charge on any atom is -0.465 e. The predicted octanol–water partition coefficient (Wildman–Crippen LogP) is 4.27. The highest BCUT2D eigenvalue weighted by Gasteiger charge is 2.26. The van der Waals surface area contributed by atoms with Crippen LogP contribution >= 0.6 is 11.6 Å². The number of pyridine rings is 1. The minimum absolute atomic E-state index is 0.380. The Bertz CT molecular complexity index is 774. The summed E-state index contributed by atoms with van der Waals surface area (Å²) in [5.74, 6) is 0.710. The van der Waals surface area contributed by atoms with Gasteiger partial charge in [0.15, 0.2) is 0 Å². The van der Waals surface area contributed by atoms with Crippen LogP contribution in [-0.4, -0.2) is 53.4 Å². The zero-order valence-corrected chi connectivity index (χ0v) is 16.4. The van der Waals surface area contributed by atoms with Crippen molar-refractivity contribution in [2.24, 2.45) is 0 Å². The number of halogens is 1. The molecule has 2 N–H and O–H groups in total.